The van der Waals surface area contributed by atoms with Gasteiger partial charge in [0.2, 0.25) is 0 Å². The van der Waals surface area contributed by atoms with Gasteiger partial charge in [-0.2, -0.15) is 0 Å². The van der Waals surface area contributed by atoms with Gasteiger partial charge < -0.3 is 0 Å². The molecule has 0 aliphatic carbocycles. The van der Waals surface area contributed by atoms with E-state index in [4.69, 9.17) is 16.6 Å². The van der Waals surface area contributed by atoms with E-state index in [1.54, 1.807) is 17.8 Å². The number of thioether (sulfide) groups is 1. The molecule has 3 rings (SSSR count). The minimum Gasteiger partial charge on any atom is -0.247 e. The Morgan fingerprint density at radius 2 is 2.05 bits per heavy atom. The number of rotatable bonds is 2. The van der Waals surface area contributed by atoms with E-state index in [2.05, 4.69) is 41.6 Å². The van der Waals surface area contributed by atoms with Crippen molar-refractivity contribution in [3.8, 4) is 0 Å². The zero-order chi connectivity index (χ0) is 15.7. The first-order valence-corrected chi connectivity index (χ1v) is 8.73. The highest BCUT2D eigenvalue weighted by Gasteiger charge is 2.18. The quantitative estimate of drug-likeness (QED) is 0.573. The molecule has 0 saturated heterocycles. The van der Waals surface area contributed by atoms with Crippen LogP contribution in [-0.2, 0) is 0 Å². The van der Waals surface area contributed by atoms with Crippen molar-refractivity contribution in [1.82, 2.24) is 0 Å². The average molecular weight is 391 g/mol. The molecule has 0 N–H and O–H groups in total. The van der Waals surface area contributed by atoms with Crippen LogP contribution in [0, 0.1) is 0 Å². The second kappa shape index (κ2) is 6.45. The smallest absolute Gasteiger partial charge is 0.0793 e. The van der Waals surface area contributed by atoms with Gasteiger partial charge in [-0.05, 0) is 37.3 Å². The Labute approximate surface area is 147 Å². The summed E-state index contributed by atoms with van der Waals surface area (Å²) in [5.41, 5.74) is 3.98. The lowest BCUT2D eigenvalue weighted by Gasteiger charge is -2.10. The molecule has 2 aromatic carbocycles. The van der Waals surface area contributed by atoms with Gasteiger partial charge in [-0.3, -0.25) is 0 Å². The number of benzene rings is 2. The van der Waals surface area contributed by atoms with E-state index in [1.807, 2.05) is 30.3 Å². The van der Waals surface area contributed by atoms with Crippen LogP contribution in [-0.4, -0.2) is 5.71 Å². The summed E-state index contributed by atoms with van der Waals surface area (Å²) < 4.78 is 1.03. The Morgan fingerprint density at radius 1 is 1.23 bits per heavy atom. The number of fused-ring (bicyclic) bond motifs is 1. The molecule has 0 radical (unpaired) electrons. The molecule has 0 spiro atoms. The summed E-state index contributed by atoms with van der Waals surface area (Å²) in [5.74, 6) is 0. The van der Waals surface area contributed by atoms with Crippen LogP contribution < -0.4 is 0 Å². The van der Waals surface area contributed by atoms with Gasteiger partial charge in [0.25, 0.3) is 0 Å². The van der Waals surface area contributed by atoms with Crippen LogP contribution in [0.15, 0.2) is 80.1 Å². The third-order valence-electron chi connectivity index (χ3n) is 3.35. The van der Waals surface area contributed by atoms with Gasteiger partial charge in [0.1, 0.15) is 0 Å². The Balaban J connectivity index is 2.28. The van der Waals surface area contributed by atoms with Crippen molar-refractivity contribution < 1.29 is 0 Å². The van der Waals surface area contributed by atoms with Gasteiger partial charge >= 0.3 is 0 Å². The molecular weight excluding hydrogens is 378 g/mol. The number of halogens is 2. The summed E-state index contributed by atoms with van der Waals surface area (Å²) in [7, 11) is 0. The van der Waals surface area contributed by atoms with Crippen LogP contribution in [0.25, 0.3) is 0 Å². The fourth-order valence-electron chi connectivity index (χ4n) is 2.30. The molecule has 22 heavy (non-hydrogen) atoms. The lowest BCUT2D eigenvalue weighted by atomic mass is 10.0. The fraction of sp³-hybridized carbons (Fsp3) is 0.0556. The molecule has 0 aromatic heterocycles. The van der Waals surface area contributed by atoms with Gasteiger partial charge in [-0.1, -0.05) is 64.1 Å². The van der Waals surface area contributed by atoms with Gasteiger partial charge in [0, 0.05) is 30.4 Å². The van der Waals surface area contributed by atoms with E-state index in [-0.39, 0.29) is 0 Å². The van der Waals surface area contributed by atoms with Gasteiger partial charge in [-0.15, -0.1) is 0 Å². The molecule has 0 fully saturated rings. The summed E-state index contributed by atoms with van der Waals surface area (Å²) >= 11 is 11.4. The van der Waals surface area contributed by atoms with Crippen LogP contribution in [0.1, 0.15) is 18.1 Å². The minimum absolute atomic E-state index is 0.731. The predicted octanol–water partition coefficient (Wildman–Crippen LogP) is 6.46. The molecule has 0 atom stereocenters. The van der Waals surface area contributed by atoms with Crippen molar-refractivity contribution in [2.24, 2.45) is 4.99 Å². The van der Waals surface area contributed by atoms with Crippen molar-refractivity contribution in [1.29, 1.82) is 0 Å². The normalized spacial score (nSPS) is 14.2. The van der Waals surface area contributed by atoms with Crippen LogP contribution in [0.2, 0.25) is 5.02 Å². The number of hydrogen-bond donors (Lipinski definition) is 0. The highest BCUT2D eigenvalue weighted by Crippen LogP contribution is 2.38. The molecule has 1 nitrogen and oxygen atoms in total. The summed E-state index contributed by atoms with van der Waals surface area (Å²) in [6.45, 7) is 5.94. The molecule has 0 amide bonds. The van der Waals surface area contributed by atoms with E-state index < -0.39 is 0 Å². The van der Waals surface area contributed by atoms with E-state index in [0.29, 0.717) is 0 Å². The minimum atomic E-state index is 0.731. The molecule has 0 saturated carbocycles. The van der Waals surface area contributed by atoms with Crippen molar-refractivity contribution in [2.45, 2.75) is 11.8 Å². The first kappa shape index (κ1) is 15.6. The summed E-state index contributed by atoms with van der Waals surface area (Å²) in [6, 6.07) is 14.1. The van der Waals surface area contributed by atoms with E-state index >= 15 is 0 Å². The lowest BCUT2D eigenvalue weighted by molar-refractivity contribution is 1.35. The second-order valence-corrected chi connectivity index (χ2v) is 7.47. The van der Waals surface area contributed by atoms with Crippen molar-refractivity contribution in [2.75, 3.05) is 0 Å². The Morgan fingerprint density at radius 3 is 2.77 bits per heavy atom. The third kappa shape index (κ3) is 3.07. The third-order valence-corrected chi connectivity index (χ3v) is 5.15. The number of aliphatic imine (C=N–C) groups is 1. The largest absolute Gasteiger partial charge is 0.247 e. The Bertz CT molecular complexity index is 824. The highest BCUT2D eigenvalue weighted by molar-refractivity contribution is 9.10. The fourth-order valence-corrected chi connectivity index (χ4v) is 3.96. The average Bonchev–Trinajstić information content (AvgIpc) is 2.62. The van der Waals surface area contributed by atoms with E-state index in [9.17, 15) is 0 Å². The topological polar surface area (TPSA) is 12.4 Å². The number of allylic oxidation sites excluding steroid dienone is 2. The molecule has 1 aliphatic rings. The van der Waals surface area contributed by atoms with Gasteiger partial charge in [0.05, 0.1) is 11.4 Å². The SMILES string of the molecule is C=CC1=C(C)Sc2cc(Cl)ccc2C(c2cccc(Br)c2)=N1. The first-order chi connectivity index (χ1) is 10.6. The van der Waals surface area contributed by atoms with Crippen molar-refractivity contribution in [3.63, 3.8) is 0 Å². The zero-order valence-electron chi connectivity index (χ0n) is 11.9. The molecule has 1 aliphatic heterocycles. The monoisotopic (exact) mass is 389 g/mol. The summed E-state index contributed by atoms with van der Waals surface area (Å²) in [4.78, 5) is 7.08. The molecule has 1 heterocycles. The highest BCUT2D eigenvalue weighted by atomic mass is 79.9. The summed E-state index contributed by atoms with van der Waals surface area (Å²) in [5, 5.41) is 0.731. The predicted molar refractivity (Wildman–Crippen MR) is 100.0 cm³/mol. The Hall–Kier alpha value is -1.29. The molecular formula is C18H13BrClNS. The zero-order valence-corrected chi connectivity index (χ0v) is 15.1. The molecule has 0 bridgehead atoms. The molecule has 2 aromatic rings. The number of hydrogen-bond acceptors (Lipinski definition) is 2. The molecule has 0 unspecified atom stereocenters. The second-order valence-electron chi connectivity index (χ2n) is 4.86. The number of nitrogens with zero attached hydrogens (tertiary/aromatic N) is 1. The lowest BCUT2D eigenvalue weighted by Crippen LogP contribution is -2.04. The standard InChI is InChI=1S/C18H13BrClNS/c1-3-16-11(2)22-17-10-14(20)7-8-15(17)18(21-16)12-5-4-6-13(19)9-12/h3-10H,1H2,2H3. The van der Waals surface area contributed by atoms with E-state index in [1.165, 1.54) is 0 Å². The molecule has 110 valence electrons. The van der Waals surface area contributed by atoms with Crippen LogP contribution >= 0.6 is 39.3 Å². The first-order valence-electron chi connectivity index (χ1n) is 6.74. The van der Waals surface area contributed by atoms with Gasteiger partial charge in [0.15, 0.2) is 0 Å². The molecule has 4 heteroatoms. The van der Waals surface area contributed by atoms with Gasteiger partial charge in [-0.25, -0.2) is 4.99 Å². The van der Waals surface area contributed by atoms with Crippen molar-refractivity contribution >= 4 is 45.0 Å². The van der Waals surface area contributed by atoms with Crippen LogP contribution in [0.3, 0.4) is 0 Å². The van der Waals surface area contributed by atoms with Crippen molar-refractivity contribution in [3.05, 3.63) is 86.3 Å². The maximum absolute atomic E-state index is 6.17. The maximum Gasteiger partial charge on any atom is 0.0793 e. The van der Waals surface area contributed by atoms with E-state index in [0.717, 1.165) is 41.8 Å². The maximum atomic E-state index is 6.17. The summed E-state index contributed by atoms with van der Waals surface area (Å²) in [6.07, 6.45) is 1.80. The Kier molecular flexibility index (Phi) is 4.57. The van der Waals surface area contributed by atoms with Crippen LogP contribution in [0.5, 0.6) is 0 Å². The van der Waals surface area contributed by atoms with Crippen LogP contribution in [0.4, 0.5) is 0 Å².